The molecule has 19 heavy (non-hydrogen) atoms. The van der Waals surface area contributed by atoms with Crippen molar-refractivity contribution in [2.75, 3.05) is 13.2 Å². The van der Waals surface area contributed by atoms with Crippen LogP contribution in [0.5, 0.6) is 0 Å². The van der Waals surface area contributed by atoms with Gasteiger partial charge in [-0.15, -0.1) is 0 Å². The first-order chi connectivity index (χ1) is 9.29. The molecular weight excluding hydrogens is 238 g/mol. The van der Waals surface area contributed by atoms with Gasteiger partial charge < -0.3 is 9.30 Å². The maximum absolute atomic E-state index is 5.46. The van der Waals surface area contributed by atoms with Crippen LogP contribution >= 0.6 is 0 Å². The minimum atomic E-state index is -0.416. The Bertz CT molecular complexity index is 462. The molecule has 1 aromatic rings. The Kier molecular flexibility index (Phi) is 4.68. The monoisotopic (exact) mass is 259 g/mol. The quantitative estimate of drug-likeness (QED) is 0.582. The van der Waals surface area contributed by atoms with E-state index in [1.54, 1.807) is 6.20 Å². The fourth-order valence-corrected chi connectivity index (χ4v) is 2.20. The molecule has 0 radical (unpaired) electrons. The molecule has 1 aliphatic rings. The number of hydrogen-bond donors (Lipinski definition) is 0. The fraction of sp³-hybridized carbons (Fsp3) is 0.467. The van der Waals surface area contributed by atoms with E-state index in [-0.39, 0.29) is 5.92 Å². The van der Waals surface area contributed by atoms with E-state index in [4.69, 9.17) is 9.73 Å². The van der Waals surface area contributed by atoms with Gasteiger partial charge in [0, 0.05) is 31.1 Å². The van der Waals surface area contributed by atoms with Gasteiger partial charge in [0.1, 0.15) is 0 Å². The van der Waals surface area contributed by atoms with E-state index in [1.807, 2.05) is 29.4 Å². The highest BCUT2D eigenvalue weighted by atomic mass is 16.5. The molecule has 102 valence electrons. The number of aliphatic imine (C=N–C) groups is 1. The van der Waals surface area contributed by atoms with E-state index in [9.17, 15) is 0 Å². The van der Waals surface area contributed by atoms with Crippen LogP contribution in [0.1, 0.15) is 20.3 Å². The first kappa shape index (κ1) is 13.7. The molecule has 0 aliphatic heterocycles. The first-order valence-electron chi connectivity index (χ1n) is 6.75. The SMILES string of the molecule is CCCOCC=NC1(n2ccnc2)C=CC=CC1C. The molecule has 0 bridgehead atoms. The van der Waals surface area contributed by atoms with Crippen LogP contribution in [0.4, 0.5) is 0 Å². The van der Waals surface area contributed by atoms with Crippen molar-refractivity contribution in [3.05, 3.63) is 43.0 Å². The number of hydrogen-bond acceptors (Lipinski definition) is 3. The molecule has 2 rings (SSSR count). The molecule has 0 fully saturated rings. The summed E-state index contributed by atoms with van der Waals surface area (Å²) in [6.07, 6.45) is 16.8. The zero-order valence-corrected chi connectivity index (χ0v) is 11.6. The Labute approximate surface area is 114 Å². The van der Waals surface area contributed by atoms with Crippen molar-refractivity contribution in [2.45, 2.75) is 25.9 Å². The Morgan fingerprint density at radius 1 is 1.47 bits per heavy atom. The van der Waals surface area contributed by atoms with E-state index in [1.165, 1.54) is 0 Å². The molecule has 0 N–H and O–H groups in total. The van der Waals surface area contributed by atoms with E-state index >= 15 is 0 Å². The van der Waals surface area contributed by atoms with Crippen molar-refractivity contribution >= 4 is 6.21 Å². The predicted molar refractivity (Wildman–Crippen MR) is 77.2 cm³/mol. The average molecular weight is 259 g/mol. The summed E-state index contributed by atoms with van der Waals surface area (Å²) in [5.41, 5.74) is -0.416. The van der Waals surface area contributed by atoms with Crippen LogP contribution < -0.4 is 0 Å². The third-order valence-corrected chi connectivity index (χ3v) is 3.28. The number of aromatic nitrogens is 2. The highest BCUT2D eigenvalue weighted by Gasteiger charge is 2.34. The van der Waals surface area contributed by atoms with Gasteiger partial charge in [0.2, 0.25) is 0 Å². The summed E-state index contributed by atoms with van der Waals surface area (Å²) in [6.45, 7) is 5.58. The Hall–Kier alpha value is -1.68. The van der Waals surface area contributed by atoms with Gasteiger partial charge in [0.05, 0.1) is 12.9 Å². The summed E-state index contributed by atoms with van der Waals surface area (Å²) in [5, 5.41) is 0. The number of ether oxygens (including phenoxy) is 1. The summed E-state index contributed by atoms with van der Waals surface area (Å²) < 4.78 is 7.49. The van der Waals surface area contributed by atoms with Crippen LogP contribution in [0, 0.1) is 5.92 Å². The first-order valence-corrected chi connectivity index (χ1v) is 6.75. The molecule has 0 spiro atoms. The normalized spacial score (nSPS) is 26.3. The van der Waals surface area contributed by atoms with Crippen molar-refractivity contribution < 1.29 is 4.74 Å². The van der Waals surface area contributed by atoms with Gasteiger partial charge in [0.25, 0.3) is 0 Å². The Balaban J connectivity index is 2.16. The summed E-state index contributed by atoms with van der Waals surface area (Å²) in [4.78, 5) is 8.88. The van der Waals surface area contributed by atoms with Crippen molar-refractivity contribution in [3.63, 3.8) is 0 Å². The van der Waals surface area contributed by atoms with Crippen LogP contribution in [-0.4, -0.2) is 29.0 Å². The van der Waals surface area contributed by atoms with E-state index in [2.05, 4.69) is 37.1 Å². The van der Waals surface area contributed by atoms with E-state index in [0.29, 0.717) is 6.61 Å². The van der Waals surface area contributed by atoms with E-state index < -0.39 is 5.66 Å². The van der Waals surface area contributed by atoms with Crippen molar-refractivity contribution in [1.29, 1.82) is 0 Å². The molecule has 0 saturated heterocycles. The maximum atomic E-state index is 5.46. The smallest absolute Gasteiger partial charge is 0.161 e. The molecule has 0 aromatic carbocycles. The molecular formula is C15H21N3O. The summed E-state index contributed by atoms with van der Waals surface area (Å²) in [6, 6.07) is 0. The zero-order valence-electron chi connectivity index (χ0n) is 11.6. The summed E-state index contributed by atoms with van der Waals surface area (Å²) in [5.74, 6) is 0.272. The number of nitrogens with zero attached hydrogens (tertiary/aromatic N) is 3. The lowest BCUT2D eigenvalue weighted by Crippen LogP contribution is -2.36. The third-order valence-electron chi connectivity index (χ3n) is 3.28. The van der Waals surface area contributed by atoms with Crippen molar-refractivity contribution in [1.82, 2.24) is 9.55 Å². The zero-order chi connectivity index (χ0) is 13.6. The van der Waals surface area contributed by atoms with E-state index in [0.717, 1.165) is 13.0 Å². The van der Waals surface area contributed by atoms with Gasteiger partial charge in [-0.05, 0) is 12.5 Å². The van der Waals surface area contributed by atoms with Gasteiger partial charge in [-0.1, -0.05) is 32.1 Å². The number of allylic oxidation sites excluding steroid dienone is 2. The highest BCUT2D eigenvalue weighted by molar-refractivity contribution is 5.59. The molecule has 1 heterocycles. The standard InChI is InChI=1S/C15H21N3O/c1-3-11-19-12-9-17-15(18-10-8-16-13-18)7-5-4-6-14(15)2/h4-10,13-14H,3,11-12H2,1-2H3. The molecule has 1 aromatic heterocycles. The van der Waals surface area contributed by atoms with Gasteiger partial charge in [-0.2, -0.15) is 0 Å². The molecule has 2 atom stereocenters. The lowest BCUT2D eigenvalue weighted by atomic mass is 9.90. The minimum absolute atomic E-state index is 0.272. The van der Waals surface area contributed by atoms with Crippen molar-refractivity contribution in [3.8, 4) is 0 Å². The van der Waals surface area contributed by atoms with Crippen LogP contribution in [0.15, 0.2) is 48.0 Å². The third kappa shape index (κ3) is 3.01. The Morgan fingerprint density at radius 3 is 3.05 bits per heavy atom. The second-order valence-corrected chi connectivity index (χ2v) is 4.67. The van der Waals surface area contributed by atoms with Gasteiger partial charge in [0.15, 0.2) is 5.66 Å². The average Bonchev–Trinajstić information content (AvgIpc) is 2.95. The largest absolute Gasteiger partial charge is 0.376 e. The molecule has 2 unspecified atom stereocenters. The second kappa shape index (κ2) is 6.48. The topological polar surface area (TPSA) is 39.4 Å². The van der Waals surface area contributed by atoms with Gasteiger partial charge >= 0.3 is 0 Å². The minimum Gasteiger partial charge on any atom is -0.376 e. The maximum Gasteiger partial charge on any atom is 0.161 e. The van der Waals surface area contributed by atoms with Crippen LogP contribution in [0.25, 0.3) is 0 Å². The molecule has 0 amide bonds. The number of imidazole rings is 1. The number of rotatable bonds is 6. The molecule has 0 saturated carbocycles. The second-order valence-electron chi connectivity index (χ2n) is 4.67. The summed E-state index contributed by atoms with van der Waals surface area (Å²) in [7, 11) is 0. The molecule has 4 heteroatoms. The fourth-order valence-electron chi connectivity index (χ4n) is 2.20. The Morgan fingerprint density at radius 2 is 2.37 bits per heavy atom. The van der Waals surface area contributed by atoms with Crippen LogP contribution in [0.2, 0.25) is 0 Å². The van der Waals surface area contributed by atoms with Crippen LogP contribution in [0.3, 0.4) is 0 Å². The highest BCUT2D eigenvalue weighted by Crippen LogP contribution is 2.33. The van der Waals surface area contributed by atoms with Gasteiger partial charge in [-0.3, -0.25) is 4.99 Å². The predicted octanol–water partition coefficient (Wildman–Crippen LogP) is 2.80. The summed E-state index contributed by atoms with van der Waals surface area (Å²) >= 11 is 0. The lowest BCUT2D eigenvalue weighted by molar-refractivity contribution is 0.173. The molecule has 4 nitrogen and oxygen atoms in total. The van der Waals surface area contributed by atoms with Gasteiger partial charge in [-0.25, -0.2) is 4.98 Å². The lowest BCUT2D eigenvalue weighted by Gasteiger charge is -2.34. The molecule has 1 aliphatic carbocycles. The van der Waals surface area contributed by atoms with Crippen LogP contribution in [-0.2, 0) is 10.4 Å². The van der Waals surface area contributed by atoms with Crippen molar-refractivity contribution in [2.24, 2.45) is 10.9 Å².